The van der Waals surface area contributed by atoms with Crippen molar-refractivity contribution in [2.45, 2.75) is 39.2 Å². The van der Waals surface area contributed by atoms with Crippen molar-refractivity contribution >= 4 is 0 Å². The van der Waals surface area contributed by atoms with Crippen LogP contribution < -0.4 is 5.32 Å². The quantitative estimate of drug-likeness (QED) is 0.925. The maximum atomic E-state index is 3.95. The molecule has 1 aliphatic carbocycles. The van der Waals surface area contributed by atoms with Gasteiger partial charge in [0.2, 0.25) is 0 Å². The van der Waals surface area contributed by atoms with Gasteiger partial charge in [-0.25, -0.2) is 4.68 Å². The average Bonchev–Trinajstić information content (AvgIpc) is 2.97. The third-order valence-electron chi connectivity index (χ3n) is 4.60. The van der Waals surface area contributed by atoms with Gasteiger partial charge in [0, 0.05) is 6.04 Å². The van der Waals surface area contributed by atoms with Crippen molar-refractivity contribution in [3.8, 4) is 5.69 Å². The van der Waals surface area contributed by atoms with E-state index in [-0.39, 0.29) is 5.41 Å². The minimum atomic E-state index is 0.287. The summed E-state index contributed by atoms with van der Waals surface area (Å²) in [7, 11) is 0. The van der Waals surface area contributed by atoms with Crippen LogP contribution in [0.1, 0.15) is 38.7 Å². The van der Waals surface area contributed by atoms with Crippen LogP contribution in [0.2, 0.25) is 0 Å². The molecule has 1 aliphatic rings. The molecule has 0 amide bonds. The lowest BCUT2D eigenvalue weighted by atomic mass is 9.56. The molecule has 0 aliphatic heterocycles. The summed E-state index contributed by atoms with van der Waals surface area (Å²) in [5.41, 5.74) is 2.68. The second kappa shape index (κ2) is 4.98. The molecule has 5 nitrogen and oxygen atoms in total. The summed E-state index contributed by atoms with van der Waals surface area (Å²) >= 11 is 0. The first kappa shape index (κ1) is 13.2. The predicted molar refractivity (Wildman–Crippen MR) is 77.8 cm³/mol. The van der Waals surface area contributed by atoms with Crippen molar-refractivity contribution in [1.82, 2.24) is 25.5 Å². The normalized spacial score (nSPS) is 24.4. The molecule has 3 rings (SSSR count). The first-order chi connectivity index (χ1) is 9.63. The molecule has 1 fully saturated rings. The zero-order valence-electron chi connectivity index (χ0n) is 12.2. The van der Waals surface area contributed by atoms with E-state index in [1.54, 1.807) is 11.0 Å². The Morgan fingerprint density at radius 3 is 2.90 bits per heavy atom. The van der Waals surface area contributed by atoms with Crippen LogP contribution in [0.25, 0.3) is 5.69 Å². The highest BCUT2D eigenvalue weighted by Crippen LogP contribution is 2.52. The number of hydrogen-bond acceptors (Lipinski definition) is 4. The van der Waals surface area contributed by atoms with E-state index in [0.29, 0.717) is 12.0 Å². The second-order valence-electron chi connectivity index (χ2n) is 6.07. The molecule has 1 aromatic heterocycles. The van der Waals surface area contributed by atoms with Crippen molar-refractivity contribution in [2.24, 2.45) is 5.41 Å². The van der Waals surface area contributed by atoms with E-state index in [1.165, 1.54) is 12.0 Å². The molecule has 2 unspecified atom stereocenters. The van der Waals surface area contributed by atoms with E-state index in [0.717, 1.165) is 12.2 Å². The molecular weight excluding hydrogens is 250 g/mol. The molecule has 5 heteroatoms. The second-order valence-corrected chi connectivity index (χ2v) is 6.07. The summed E-state index contributed by atoms with van der Waals surface area (Å²) in [6.45, 7) is 7.89. The Labute approximate surface area is 119 Å². The third kappa shape index (κ3) is 2.12. The highest BCUT2D eigenvalue weighted by atomic mass is 15.5. The minimum Gasteiger partial charge on any atom is -0.314 e. The highest BCUT2D eigenvalue weighted by Gasteiger charge is 2.48. The van der Waals surface area contributed by atoms with Crippen molar-refractivity contribution in [1.29, 1.82) is 0 Å². The van der Waals surface area contributed by atoms with Crippen LogP contribution in [0.5, 0.6) is 0 Å². The van der Waals surface area contributed by atoms with Crippen LogP contribution in [-0.2, 0) is 0 Å². The Kier molecular flexibility index (Phi) is 3.30. The van der Waals surface area contributed by atoms with Gasteiger partial charge in [0.15, 0.2) is 0 Å². The number of rotatable bonds is 4. The number of nitrogens with zero attached hydrogens (tertiary/aromatic N) is 4. The Morgan fingerprint density at radius 2 is 2.25 bits per heavy atom. The fourth-order valence-corrected chi connectivity index (χ4v) is 3.25. The van der Waals surface area contributed by atoms with E-state index < -0.39 is 0 Å². The Balaban J connectivity index is 1.84. The first-order valence-corrected chi connectivity index (χ1v) is 7.19. The van der Waals surface area contributed by atoms with Gasteiger partial charge in [-0.2, -0.15) is 0 Å². The first-order valence-electron chi connectivity index (χ1n) is 7.19. The van der Waals surface area contributed by atoms with Gasteiger partial charge in [-0.1, -0.05) is 32.9 Å². The minimum absolute atomic E-state index is 0.287. The summed E-state index contributed by atoms with van der Waals surface area (Å²) in [6, 6.07) is 9.14. The van der Waals surface area contributed by atoms with Gasteiger partial charge in [0.05, 0.1) is 5.69 Å². The Bertz CT molecular complexity index is 576. The molecule has 0 radical (unpaired) electrons. The number of aromatic nitrogens is 4. The summed E-state index contributed by atoms with van der Waals surface area (Å²) < 4.78 is 1.71. The molecule has 1 heterocycles. The van der Waals surface area contributed by atoms with E-state index >= 15 is 0 Å². The molecule has 0 bridgehead atoms. The van der Waals surface area contributed by atoms with Crippen molar-refractivity contribution in [3.63, 3.8) is 0 Å². The molecule has 2 aromatic rings. The molecule has 0 spiro atoms. The van der Waals surface area contributed by atoms with Gasteiger partial charge in [-0.05, 0) is 52.4 Å². The fraction of sp³-hybridized carbons (Fsp3) is 0.533. The van der Waals surface area contributed by atoms with Crippen LogP contribution in [-0.4, -0.2) is 32.8 Å². The molecule has 1 aromatic carbocycles. The standard InChI is InChI=1S/C15H21N5/c1-4-16-14-9-13(15(14,2)3)11-6-5-7-12(8-11)20-10-17-18-19-20/h5-8,10,13-14,16H,4,9H2,1-3H3. The van der Waals surface area contributed by atoms with Crippen molar-refractivity contribution < 1.29 is 0 Å². The zero-order chi connectivity index (χ0) is 14.2. The predicted octanol–water partition coefficient (Wildman–Crippen LogP) is 2.15. The van der Waals surface area contributed by atoms with Crippen molar-refractivity contribution in [2.75, 3.05) is 6.54 Å². The smallest absolute Gasteiger partial charge is 0.143 e. The molecule has 0 saturated heterocycles. The number of hydrogen-bond donors (Lipinski definition) is 1. The van der Waals surface area contributed by atoms with Crippen molar-refractivity contribution in [3.05, 3.63) is 36.2 Å². The molecule has 20 heavy (non-hydrogen) atoms. The van der Waals surface area contributed by atoms with E-state index in [2.05, 4.69) is 59.8 Å². The Morgan fingerprint density at radius 1 is 1.40 bits per heavy atom. The number of benzene rings is 1. The lowest BCUT2D eigenvalue weighted by molar-refractivity contribution is 0.0706. The number of tetrazole rings is 1. The van der Waals surface area contributed by atoms with Crippen LogP contribution in [0.3, 0.4) is 0 Å². The van der Waals surface area contributed by atoms with Gasteiger partial charge in [-0.15, -0.1) is 5.10 Å². The van der Waals surface area contributed by atoms with Crippen LogP contribution in [0, 0.1) is 5.41 Å². The topological polar surface area (TPSA) is 55.6 Å². The maximum absolute atomic E-state index is 3.95. The largest absolute Gasteiger partial charge is 0.314 e. The molecule has 106 valence electrons. The van der Waals surface area contributed by atoms with Gasteiger partial charge in [0.25, 0.3) is 0 Å². The molecule has 1 N–H and O–H groups in total. The average molecular weight is 271 g/mol. The van der Waals surface area contributed by atoms with Gasteiger partial charge >= 0.3 is 0 Å². The molecule has 1 saturated carbocycles. The zero-order valence-corrected chi connectivity index (χ0v) is 12.2. The lowest BCUT2D eigenvalue weighted by Gasteiger charge is -2.53. The SMILES string of the molecule is CCNC1CC(c2cccc(-n3cnnn3)c2)C1(C)C. The van der Waals surface area contributed by atoms with Gasteiger partial charge in [0.1, 0.15) is 6.33 Å². The summed E-state index contributed by atoms with van der Waals surface area (Å²) in [4.78, 5) is 0. The Hall–Kier alpha value is -1.75. The van der Waals surface area contributed by atoms with E-state index in [1.807, 2.05) is 6.07 Å². The lowest BCUT2D eigenvalue weighted by Crippen LogP contribution is -2.55. The maximum Gasteiger partial charge on any atom is 0.143 e. The highest BCUT2D eigenvalue weighted by molar-refractivity contribution is 5.38. The van der Waals surface area contributed by atoms with Crippen LogP contribution in [0.15, 0.2) is 30.6 Å². The third-order valence-corrected chi connectivity index (χ3v) is 4.60. The van der Waals surface area contributed by atoms with E-state index in [4.69, 9.17) is 0 Å². The summed E-state index contributed by atoms with van der Waals surface area (Å²) in [6.07, 6.45) is 2.83. The van der Waals surface area contributed by atoms with Gasteiger partial charge in [-0.3, -0.25) is 0 Å². The van der Waals surface area contributed by atoms with E-state index in [9.17, 15) is 0 Å². The van der Waals surface area contributed by atoms with Crippen LogP contribution >= 0.6 is 0 Å². The van der Waals surface area contributed by atoms with Gasteiger partial charge < -0.3 is 5.32 Å². The summed E-state index contributed by atoms with van der Waals surface area (Å²) in [5.74, 6) is 0.586. The molecule has 2 atom stereocenters. The van der Waals surface area contributed by atoms with Crippen LogP contribution in [0.4, 0.5) is 0 Å². The monoisotopic (exact) mass is 271 g/mol. The molecular formula is C15H21N5. The number of nitrogens with one attached hydrogen (secondary N) is 1. The fourth-order valence-electron chi connectivity index (χ4n) is 3.25. The summed E-state index contributed by atoms with van der Waals surface area (Å²) in [5, 5.41) is 14.9.